The van der Waals surface area contributed by atoms with Crippen molar-refractivity contribution in [1.82, 2.24) is 5.43 Å². The Labute approximate surface area is 105 Å². The third kappa shape index (κ3) is 2.85. The van der Waals surface area contributed by atoms with Crippen LogP contribution in [0.3, 0.4) is 0 Å². The average molecular weight is 244 g/mol. The van der Waals surface area contributed by atoms with Gasteiger partial charge in [-0.2, -0.15) is 0 Å². The number of hydrogen-bond acceptors (Lipinski definition) is 2. The molecule has 1 amide bonds. The van der Waals surface area contributed by atoms with E-state index in [1.54, 1.807) is 18.1 Å². The second-order valence-corrected chi connectivity index (χ2v) is 3.85. The van der Waals surface area contributed by atoms with Gasteiger partial charge in [-0.05, 0) is 30.3 Å². The minimum Gasteiger partial charge on any atom is -0.288 e. The van der Waals surface area contributed by atoms with Gasteiger partial charge >= 0.3 is 0 Å². The Hall–Kier alpha value is -2.36. The number of amides is 1. The molecule has 0 aliphatic heterocycles. The summed E-state index contributed by atoms with van der Waals surface area (Å²) in [6.45, 7) is 0. The molecule has 0 heterocycles. The van der Waals surface area contributed by atoms with Crippen LogP contribution >= 0.6 is 0 Å². The zero-order chi connectivity index (χ0) is 13.0. The summed E-state index contributed by atoms with van der Waals surface area (Å²) in [4.78, 5) is 11.9. The molecule has 2 aromatic rings. The lowest BCUT2D eigenvalue weighted by molar-refractivity contribution is 0.0951. The number of rotatable bonds is 3. The number of para-hydroxylation sites is 1. The molecule has 0 fully saturated rings. The molecule has 0 unspecified atom stereocenters. The standard InChI is InChI=1S/C14H13FN2O/c1-17(13-8-3-2-4-9-13)16-14(18)11-6-5-7-12(15)10-11/h2-10H,1H3,(H,16,18). The lowest BCUT2D eigenvalue weighted by Gasteiger charge is -2.20. The fraction of sp³-hybridized carbons (Fsp3) is 0.0714. The molecule has 0 aliphatic carbocycles. The lowest BCUT2D eigenvalue weighted by atomic mass is 10.2. The molecule has 0 radical (unpaired) electrons. The maximum atomic E-state index is 13.0. The zero-order valence-electron chi connectivity index (χ0n) is 9.93. The van der Waals surface area contributed by atoms with Gasteiger partial charge in [0.1, 0.15) is 5.82 Å². The molecule has 0 saturated carbocycles. The summed E-state index contributed by atoms with van der Waals surface area (Å²) in [5.41, 5.74) is 3.81. The molecule has 0 bridgehead atoms. The first kappa shape index (κ1) is 12.1. The molecule has 0 aliphatic rings. The van der Waals surface area contributed by atoms with E-state index in [0.29, 0.717) is 0 Å². The Bertz CT molecular complexity index is 543. The predicted octanol–water partition coefficient (Wildman–Crippen LogP) is 2.61. The number of halogens is 1. The highest BCUT2D eigenvalue weighted by atomic mass is 19.1. The highest BCUT2D eigenvalue weighted by Gasteiger charge is 2.08. The number of anilines is 1. The van der Waals surface area contributed by atoms with Crippen molar-refractivity contribution in [3.8, 4) is 0 Å². The average Bonchev–Trinajstić information content (AvgIpc) is 2.39. The molecule has 4 heteroatoms. The van der Waals surface area contributed by atoms with Gasteiger partial charge in [0.05, 0.1) is 5.69 Å². The van der Waals surface area contributed by atoms with Gasteiger partial charge in [-0.25, -0.2) is 4.39 Å². The van der Waals surface area contributed by atoms with Crippen LogP contribution in [0.2, 0.25) is 0 Å². The number of carbonyl (C=O) groups is 1. The number of benzene rings is 2. The van der Waals surface area contributed by atoms with E-state index in [0.717, 1.165) is 5.69 Å². The van der Waals surface area contributed by atoms with Gasteiger partial charge in [-0.3, -0.25) is 15.2 Å². The second-order valence-electron chi connectivity index (χ2n) is 3.85. The van der Waals surface area contributed by atoms with Crippen LogP contribution in [0.4, 0.5) is 10.1 Å². The molecular formula is C14H13FN2O. The monoisotopic (exact) mass is 244 g/mol. The Kier molecular flexibility index (Phi) is 3.57. The Morgan fingerprint density at radius 2 is 1.83 bits per heavy atom. The summed E-state index contributed by atoms with van der Waals surface area (Å²) in [5, 5.41) is 1.59. The van der Waals surface area contributed by atoms with Crippen molar-refractivity contribution in [2.24, 2.45) is 0 Å². The predicted molar refractivity (Wildman–Crippen MR) is 68.7 cm³/mol. The van der Waals surface area contributed by atoms with Crippen LogP contribution in [0.25, 0.3) is 0 Å². The van der Waals surface area contributed by atoms with Crippen LogP contribution in [0, 0.1) is 5.82 Å². The number of nitrogens with one attached hydrogen (secondary N) is 1. The molecule has 1 N–H and O–H groups in total. The molecule has 2 rings (SSSR count). The Morgan fingerprint density at radius 3 is 2.50 bits per heavy atom. The molecule has 2 aromatic carbocycles. The van der Waals surface area contributed by atoms with Gasteiger partial charge in [0.2, 0.25) is 0 Å². The maximum Gasteiger partial charge on any atom is 0.269 e. The molecule has 0 atom stereocenters. The first-order chi connectivity index (χ1) is 8.66. The molecule has 0 aromatic heterocycles. The molecule has 92 valence electrons. The van der Waals surface area contributed by atoms with E-state index >= 15 is 0 Å². The first-order valence-corrected chi connectivity index (χ1v) is 5.52. The fourth-order valence-electron chi connectivity index (χ4n) is 1.56. The third-order valence-corrected chi connectivity index (χ3v) is 2.50. The van der Waals surface area contributed by atoms with Crippen molar-refractivity contribution in [3.05, 3.63) is 66.0 Å². The van der Waals surface area contributed by atoms with Gasteiger partial charge < -0.3 is 0 Å². The van der Waals surface area contributed by atoms with Gasteiger partial charge in [-0.1, -0.05) is 24.3 Å². The van der Waals surface area contributed by atoms with Crippen molar-refractivity contribution >= 4 is 11.6 Å². The summed E-state index contributed by atoms with van der Waals surface area (Å²) >= 11 is 0. The molecule has 0 spiro atoms. The van der Waals surface area contributed by atoms with Gasteiger partial charge in [-0.15, -0.1) is 0 Å². The SMILES string of the molecule is CN(NC(=O)c1cccc(F)c1)c1ccccc1. The largest absolute Gasteiger partial charge is 0.288 e. The highest BCUT2D eigenvalue weighted by molar-refractivity contribution is 5.95. The summed E-state index contributed by atoms with van der Waals surface area (Å²) < 4.78 is 13.0. The van der Waals surface area contributed by atoms with E-state index in [9.17, 15) is 9.18 Å². The number of carbonyl (C=O) groups excluding carboxylic acids is 1. The number of nitrogens with zero attached hydrogens (tertiary/aromatic N) is 1. The molecule has 0 saturated heterocycles. The van der Waals surface area contributed by atoms with Crippen LogP contribution in [0.5, 0.6) is 0 Å². The van der Waals surface area contributed by atoms with Crippen LogP contribution in [-0.4, -0.2) is 13.0 Å². The van der Waals surface area contributed by atoms with Crippen LogP contribution < -0.4 is 10.4 Å². The van der Waals surface area contributed by atoms with Crippen molar-refractivity contribution in [2.75, 3.05) is 12.1 Å². The van der Waals surface area contributed by atoms with Crippen molar-refractivity contribution < 1.29 is 9.18 Å². The Morgan fingerprint density at radius 1 is 1.11 bits per heavy atom. The molecular weight excluding hydrogens is 231 g/mol. The summed E-state index contributed by atoms with van der Waals surface area (Å²) in [7, 11) is 1.73. The third-order valence-electron chi connectivity index (χ3n) is 2.50. The van der Waals surface area contributed by atoms with E-state index < -0.39 is 5.82 Å². The van der Waals surface area contributed by atoms with E-state index in [4.69, 9.17) is 0 Å². The quantitative estimate of drug-likeness (QED) is 0.842. The fourth-order valence-corrected chi connectivity index (χ4v) is 1.56. The molecule has 3 nitrogen and oxygen atoms in total. The van der Waals surface area contributed by atoms with Crippen LogP contribution in [-0.2, 0) is 0 Å². The summed E-state index contributed by atoms with van der Waals surface area (Å²) in [5.74, 6) is -0.772. The van der Waals surface area contributed by atoms with Gasteiger partial charge in [0.25, 0.3) is 5.91 Å². The van der Waals surface area contributed by atoms with Crippen molar-refractivity contribution in [2.45, 2.75) is 0 Å². The first-order valence-electron chi connectivity index (χ1n) is 5.52. The molecule has 18 heavy (non-hydrogen) atoms. The minimum atomic E-state index is -0.426. The number of hydrazine groups is 1. The Balaban J connectivity index is 2.08. The lowest BCUT2D eigenvalue weighted by Crippen LogP contribution is -2.39. The van der Waals surface area contributed by atoms with E-state index in [1.165, 1.54) is 18.2 Å². The normalized spacial score (nSPS) is 9.89. The van der Waals surface area contributed by atoms with Crippen LogP contribution in [0.1, 0.15) is 10.4 Å². The van der Waals surface area contributed by atoms with Gasteiger partial charge in [0.15, 0.2) is 0 Å². The van der Waals surface area contributed by atoms with Crippen LogP contribution in [0.15, 0.2) is 54.6 Å². The second kappa shape index (κ2) is 5.31. The van der Waals surface area contributed by atoms with E-state index in [-0.39, 0.29) is 11.5 Å². The number of hydrogen-bond donors (Lipinski definition) is 1. The summed E-state index contributed by atoms with van der Waals surface area (Å²) in [6.07, 6.45) is 0. The minimum absolute atomic E-state index is 0.290. The van der Waals surface area contributed by atoms with E-state index in [2.05, 4.69) is 5.43 Å². The smallest absolute Gasteiger partial charge is 0.269 e. The topological polar surface area (TPSA) is 32.3 Å². The van der Waals surface area contributed by atoms with E-state index in [1.807, 2.05) is 30.3 Å². The highest BCUT2D eigenvalue weighted by Crippen LogP contribution is 2.09. The zero-order valence-corrected chi connectivity index (χ0v) is 9.93. The maximum absolute atomic E-state index is 13.0. The van der Waals surface area contributed by atoms with Crippen molar-refractivity contribution in [1.29, 1.82) is 0 Å². The van der Waals surface area contributed by atoms with Gasteiger partial charge in [0, 0.05) is 12.6 Å². The summed E-state index contributed by atoms with van der Waals surface area (Å²) in [6, 6.07) is 15.0. The van der Waals surface area contributed by atoms with Crippen molar-refractivity contribution in [3.63, 3.8) is 0 Å².